The summed E-state index contributed by atoms with van der Waals surface area (Å²) in [4.78, 5) is 19.7. The van der Waals surface area contributed by atoms with E-state index in [9.17, 15) is 0 Å². The SMILES string of the molecule is c1ccc(-c2nc(-c3ccccc3)nc(-c3ccc(-c4ccc(-c5c6oc7ccccc7c6nc6c5oc5ccccc56)cc4)cc3)n2)cc1. The van der Waals surface area contributed by atoms with E-state index >= 15 is 0 Å². The van der Waals surface area contributed by atoms with Crippen LogP contribution in [-0.4, -0.2) is 19.9 Å². The molecule has 0 spiro atoms. The van der Waals surface area contributed by atoms with Gasteiger partial charge in [-0.3, -0.25) is 0 Å². The second-order valence-corrected chi connectivity index (χ2v) is 12.2. The van der Waals surface area contributed by atoms with Crippen LogP contribution in [0.5, 0.6) is 0 Å². The zero-order chi connectivity index (χ0) is 33.0. The summed E-state index contributed by atoms with van der Waals surface area (Å²) in [6, 6.07) is 53.0. The molecule has 10 aromatic rings. The van der Waals surface area contributed by atoms with Crippen molar-refractivity contribution in [2.45, 2.75) is 0 Å². The van der Waals surface area contributed by atoms with Crippen molar-refractivity contribution in [1.82, 2.24) is 19.9 Å². The summed E-state index contributed by atoms with van der Waals surface area (Å²) >= 11 is 0. The third-order valence-corrected chi connectivity index (χ3v) is 9.17. The van der Waals surface area contributed by atoms with E-state index in [1.54, 1.807) is 0 Å². The highest BCUT2D eigenvalue weighted by Crippen LogP contribution is 2.43. The quantitative estimate of drug-likeness (QED) is 0.186. The lowest BCUT2D eigenvalue weighted by Crippen LogP contribution is -2.00. The maximum atomic E-state index is 6.45. The fourth-order valence-corrected chi connectivity index (χ4v) is 6.68. The Bertz CT molecular complexity index is 2690. The Morgan fingerprint density at radius 1 is 0.300 bits per heavy atom. The molecule has 0 saturated heterocycles. The second-order valence-electron chi connectivity index (χ2n) is 12.2. The van der Waals surface area contributed by atoms with Gasteiger partial charge in [-0.1, -0.05) is 133 Å². The van der Waals surface area contributed by atoms with Crippen molar-refractivity contribution in [3.63, 3.8) is 0 Å². The molecule has 0 aliphatic heterocycles. The molecular weight excluding hydrogens is 617 g/mol. The summed E-state index contributed by atoms with van der Waals surface area (Å²) in [5, 5.41) is 1.97. The number of aromatic nitrogens is 4. The average molecular weight is 643 g/mol. The van der Waals surface area contributed by atoms with Crippen molar-refractivity contribution >= 4 is 44.1 Å². The number of pyridine rings is 1. The average Bonchev–Trinajstić information content (AvgIpc) is 3.76. The molecule has 6 heteroatoms. The van der Waals surface area contributed by atoms with Crippen molar-refractivity contribution in [1.29, 1.82) is 0 Å². The van der Waals surface area contributed by atoms with Gasteiger partial charge >= 0.3 is 0 Å². The summed E-state index contributed by atoms with van der Waals surface area (Å²) in [6.45, 7) is 0. The van der Waals surface area contributed by atoms with Crippen molar-refractivity contribution in [3.05, 3.63) is 158 Å². The molecule has 0 bridgehead atoms. The van der Waals surface area contributed by atoms with Gasteiger partial charge in [0.15, 0.2) is 28.6 Å². The zero-order valence-electron chi connectivity index (χ0n) is 26.6. The summed E-state index contributed by atoms with van der Waals surface area (Å²) in [5.41, 5.74) is 11.6. The maximum absolute atomic E-state index is 6.45. The third kappa shape index (κ3) is 4.65. The Balaban J connectivity index is 1.05. The first-order valence-corrected chi connectivity index (χ1v) is 16.5. The molecule has 0 fully saturated rings. The van der Waals surface area contributed by atoms with Crippen LogP contribution < -0.4 is 0 Å². The number of hydrogen-bond donors (Lipinski definition) is 0. The van der Waals surface area contributed by atoms with Gasteiger partial charge in [0.25, 0.3) is 0 Å². The molecule has 0 saturated carbocycles. The first-order chi connectivity index (χ1) is 24.8. The standard InChI is InChI=1S/C44H26N4O2/c1-3-11-30(12-4-1)42-46-43(31-13-5-2-6-14-31)48-44(47-42)32-25-21-28(22-26-32)27-19-23-29(24-20-27)37-40-38(33-15-7-9-17-35(33)49-40)45-39-34-16-8-10-18-36(34)50-41(37)39/h1-26H. The van der Waals surface area contributed by atoms with Gasteiger partial charge in [0, 0.05) is 27.5 Å². The lowest BCUT2D eigenvalue weighted by molar-refractivity contribution is 0.657. The molecule has 0 aliphatic rings. The smallest absolute Gasteiger partial charge is 0.165 e. The first-order valence-electron chi connectivity index (χ1n) is 16.5. The molecule has 0 unspecified atom stereocenters. The Hall–Kier alpha value is -6.92. The molecule has 6 nitrogen and oxygen atoms in total. The van der Waals surface area contributed by atoms with Gasteiger partial charge in [0.05, 0.1) is 5.56 Å². The number of hydrogen-bond acceptors (Lipinski definition) is 6. The minimum atomic E-state index is 0.627. The van der Waals surface area contributed by atoms with E-state index in [0.29, 0.717) is 17.5 Å². The summed E-state index contributed by atoms with van der Waals surface area (Å²) in [5.74, 6) is 1.91. The predicted octanol–water partition coefficient (Wildman–Crippen LogP) is 11.4. The van der Waals surface area contributed by atoms with Crippen LogP contribution in [0.1, 0.15) is 0 Å². The number of nitrogens with zero attached hydrogens (tertiary/aromatic N) is 4. The van der Waals surface area contributed by atoms with E-state index in [4.69, 9.17) is 28.8 Å². The van der Waals surface area contributed by atoms with Crippen LogP contribution in [0, 0.1) is 0 Å². The van der Waals surface area contributed by atoms with Gasteiger partial charge in [-0.05, 0) is 41.0 Å². The Kier molecular flexibility index (Phi) is 6.39. The van der Waals surface area contributed by atoms with Crippen molar-refractivity contribution in [2.75, 3.05) is 0 Å². The van der Waals surface area contributed by atoms with E-state index in [-0.39, 0.29) is 0 Å². The largest absolute Gasteiger partial charge is 0.454 e. The predicted molar refractivity (Wildman–Crippen MR) is 199 cm³/mol. The minimum absolute atomic E-state index is 0.627. The van der Waals surface area contributed by atoms with Crippen molar-refractivity contribution < 1.29 is 8.83 Å². The molecule has 0 radical (unpaired) electrons. The number of furan rings is 2. The molecule has 0 atom stereocenters. The summed E-state index contributed by atoms with van der Waals surface area (Å²) in [7, 11) is 0. The molecule has 6 aromatic carbocycles. The number of rotatable bonds is 5. The fourth-order valence-electron chi connectivity index (χ4n) is 6.68. The summed E-state index contributed by atoms with van der Waals surface area (Å²) in [6.07, 6.45) is 0. The van der Waals surface area contributed by atoms with Crippen LogP contribution in [0.2, 0.25) is 0 Å². The molecular formula is C44H26N4O2. The number of para-hydroxylation sites is 2. The fraction of sp³-hybridized carbons (Fsp3) is 0. The van der Waals surface area contributed by atoms with Crippen LogP contribution in [-0.2, 0) is 0 Å². The van der Waals surface area contributed by atoms with Crippen LogP contribution in [0.4, 0.5) is 0 Å². The minimum Gasteiger partial charge on any atom is -0.454 e. The highest BCUT2D eigenvalue weighted by molar-refractivity contribution is 6.18. The number of fused-ring (bicyclic) bond motifs is 6. The van der Waals surface area contributed by atoms with Gasteiger partial charge in [-0.25, -0.2) is 19.9 Å². The van der Waals surface area contributed by atoms with Crippen molar-refractivity contribution in [2.24, 2.45) is 0 Å². The van der Waals surface area contributed by atoms with Gasteiger partial charge in [0.2, 0.25) is 0 Å². The highest BCUT2D eigenvalue weighted by atomic mass is 16.3. The third-order valence-electron chi connectivity index (χ3n) is 9.17. The second kappa shape index (κ2) is 11.4. The van der Waals surface area contributed by atoms with E-state index in [0.717, 1.165) is 83.1 Å². The Labute approximate surface area is 286 Å². The van der Waals surface area contributed by atoms with Gasteiger partial charge in [0.1, 0.15) is 22.2 Å². The topological polar surface area (TPSA) is 77.8 Å². The molecule has 4 heterocycles. The maximum Gasteiger partial charge on any atom is 0.165 e. The molecule has 4 aromatic heterocycles. The molecule has 50 heavy (non-hydrogen) atoms. The normalized spacial score (nSPS) is 11.6. The lowest BCUT2D eigenvalue weighted by Gasteiger charge is -2.09. The number of benzene rings is 6. The van der Waals surface area contributed by atoms with Crippen molar-refractivity contribution in [3.8, 4) is 56.4 Å². The highest BCUT2D eigenvalue weighted by Gasteiger charge is 2.22. The molecule has 10 rings (SSSR count). The van der Waals surface area contributed by atoms with Gasteiger partial charge < -0.3 is 8.83 Å². The van der Waals surface area contributed by atoms with Crippen LogP contribution >= 0.6 is 0 Å². The summed E-state index contributed by atoms with van der Waals surface area (Å²) < 4.78 is 12.9. The lowest BCUT2D eigenvalue weighted by atomic mass is 9.98. The van der Waals surface area contributed by atoms with E-state index in [1.165, 1.54) is 0 Å². The van der Waals surface area contributed by atoms with Gasteiger partial charge in [-0.2, -0.15) is 0 Å². The molecule has 0 N–H and O–H groups in total. The Morgan fingerprint density at radius 2 is 0.660 bits per heavy atom. The van der Waals surface area contributed by atoms with E-state index in [2.05, 4.69) is 60.7 Å². The van der Waals surface area contributed by atoms with Gasteiger partial charge in [-0.15, -0.1) is 0 Å². The first kappa shape index (κ1) is 28.1. The Morgan fingerprint density at radius 3 is 1.12 bits per heavy atom. The zero-order valence-corrected chi connectivity index (χ0v) is 26.6. The van der Waals surface area contributed by atoms with Crippen LogP contribution in [0.25, 0.3) is 101 Å². The monoisotopic (exact) mass is 642 g/mol. The van der Waals surface area contributed by atoms with Crippen LogP contribution in [0.3, 0.4) is 0 Å². The van der Waals surface area contributed by atoms with E-state index < -0.39 is 0 Å². The van der Waals surface area contributed by atoms with Crippen LogP contribution in [0.15, 0.2) is 167 Å². The molecule has 0 aliphatic carbocycles. The van der Waals surface area contributed by atoms with E-state index in [1.807, 2.05) is 97.1 Å². The molecule has 234 valence electrons. The molecule has 0 amide bonds.